The average Bonchev–Trinajstić information content (AvgIpc) is 2.44. The molecule has 1 aromatic carbocycles. The summed E-state index contributed by atoms with van der Waals surface area (Å²) in [6.45, 7) is 0. The number of carbonyl (C=O) groups is 2. The smallest absolute Gasteiger partial charge is 0.306 e. The molecule has 0 aliphatic carbocycles. The Hall–Kier alpha value is -2.40. The van der Waals surface area contributed by atoms with E-state index in [0.29, 0.717) is 11.3 Å². The molecule has 112 valence electrons. The zero-order chi connectivity index (χ0) is 15.9. The molecule has 0 saturated heterocycles. The Kier molecular flexibility index (Phi) is 5.87. The van der Waals surface area contributed by atoms with E-state index in [1.54, 1.807) is 18.2 Å². The molecule has 0 aliphatic rings. The van der Waals surface area contributed by atoms with E-state index in [2.05, 4.69) is 10.1 Å². The van der Waals surface area contributed by atoms with E-state index in [0.717, 1.165) is 7.11 Å². The summed E-state index contributed by atoms with van der Waals surface area (Å²) >= 11 is 0. The Balaban J connectivity index is 2.60. The lowest BCUT2D eigenvalue weighted by molar-refractivity contribution is -0.140. The molecule has 1 amide bonds. The van der Waals surface area contributed by atoms with Crippen LogP contribution in [0, 0.1) is 11.3 Å². The van der Waals surface area contributed by atoms with Gasteiger partial charge in [0.15, 0.2) is 9.84 Å². The van der Waals surface area contributed by atoms with Crippen LogP contribution in [0.5, 0.6) is 0 Å². The van der Waals surface area contributed by atoms with Crippen molar-refractivity contribution in [2.24, 2.45) is 0 Å². The van der Waals surface area contributed by atoms with Crippen molar-refractivity contribution in [2.45, 2.75) is 6.42 Å². The van der Waals surface area contributed by atoms with Crippen LogP contribution < -0.4 is 5.32 Å². The van der Waals surface area contributed by atoms with Gasteiger partial charge in [-0.3, -0.25) is 9.59 Å². The molecule has 7 nitrogen and oxygen atoms in total. The zero-order valence-corrected chi connectivity index (χ0v) is 12.1. The van der Waals surface area contributed by atoms with E-state index in [9.17, 15) is 18.0 Å². The molecule has 0 radical (unpaired) electrons. The van der Waals surface area contributed by atoms with Gasteiger partial charge in [-0.1, -0.05) is 6.07 Å². The second kappa shape index (κ2) is 7.40. The maximum absolute atomic E-state index is 11.7. The normalized spacial score (nSPS) is 10.5. The number of sulfone groups is 1. The Bertz CT molecular complexity index is 676. The van der Waals surface area contributed by atoms with Gasteiger partial charge in [-0.05, 0) is 18.2 Å². The lowest BCUT2D eigenvalue weighted by Crippen LogP contribution is -2.25. The van der Waals surface area contributed by atoms with Crippen molar-refractivity contribution in [1.82, 2.24) is 0 Å². The molecular formula is C13H14N2O5S. The summed E-state index contributed by atoms with van der Waals surface area (Å²) in [5.74, 6) is -2.57. The summed E-state index contributed by atoms with van der Waals surface area (Å²) in [5, 5.41) is 11.1. The summed E-state index contributed by atoms with van der Waals surface area (Å²) < 4.78 is 27.6. The number of nitrogens with one attached hydrogen (secondary N) is 1. The van der Waals surface area contributed by atoms with Crippen LogP contribution in [0.1, 0.15) is 12.0 Å². The fourth-order valence-corrected chi connectivity index (χ4v) is 2.57. The van der Waals surface area contributed by atoms with Gasteiger partial charge in [-0.15, -0.1) is 0 Å². The molecule has 1 rings (SSSR count). The standard InChI is InChI=1S/C13H14N2O5S/c1-20-13(17)5-6-21(18,19)9-12(16)15-11-4-2-3-10(7-11)8-14/h2-4,7H,5-6,9H2,1H3,(H,15,16). The quantitative estimate of drug-likeness (QED) is 0.764. The first-order valence-electron chi connectivity index (χ1n) is 5.93. The van der Waals surface area contributed by atoms with Gasteiger partial charge in [0, 0.05) is 5.69 Å². The van der Waals surface area contributed by atoms with Crippen LogP contribution in [0.25, 0.3) is 0 Å². The third kappa shape index (κ3) is 6.05. The van der Waals surface area contributed by atoms with Crippen LogP contribution in [0.4, 0.5) is 5.69 Å². The second-order valence-corrected chi connectivity index (χ2v) is 6.34. The van der Waals surface area contributed by atoms with Crippen LogP contribution in [0.2, 0.25) is 0 Å². The van der Waals surface area contributed by atoms with E-state index in [4.69, 9.17) is 5.26 Å². The number of hydrogen-bond acceptors (Lipinski definition) is 6. The molecule has 1 aromatic rings. The number of methoxy groups -OCH3 is 1. The van der Waals surface area contributed by atoms with Crippen LogP contribution in [-0.2, 0) is 24.2 Å². The number of anilines is 1. The van der Waals surface area contributed by atoms with E-state index in [1.807, 2.05) is 6.07 Å². The molecule has 8 heteroatoms. The van der Waals surface area contributed by atoms with Gasteiger partial charge in [0.25, 0.3) is 0 Å². The molecule has 0 atom stereocenters. The first-order valence-corrected chi connectivity index (χ1v) is 7.75. The largest absolute Gasteiger partial charge is 0.469 e. The highest BCUT2D eigenvalue weighted by Gasteiger charge is 2.18. The van der Waals surface area contributed by atoms with E-state index >= 15 is 0 Å². The van der Waals surface area contributed by atoms with Crippen molar-refractivity contribution in [3.63, 3.8) is 0 Å². The summed E-state index contributed by atoms with van der Waals surface area (Å²) in [6, 6.07) is 8.01. The lowest BCUT2D eigenvalue weighted by Gasteiger charge is -2.06. The minimum absolute atomic E-state index is 0.296. The minimum atomic E-state index is -3.70. The predicted molar refractivity (Wildman–Crippen MR) is 75.1 cm³/mol. The van der Waals surface area contributed by atoms with Gasteiger partial charge in [-0.2, -0.15) is 5.26 Å². The number of nitrogens with zero attached hydrogens (tertiary/aromatic N) is 1. The number of nitriles is 1. The fraction of sp³-hybridized carbons (Fsp3) is 0.308. The fourth-order valence-electron chi connectivity index (χ4n) is 1.48. The number of rotatable bonds is 6. The van der Waals surface area contributed by atoms with E-state index < -0.39 is 33.2 Å². The lowest BCUT2D eigenvalue weighted by atomic mass is 10.2. The highest BCUT2D eigenvalue weighted by molar-refractivity contribution is 7.92. The Morgan fingerprint density at radius 1 is 1.38 bits per heavy atom. The van der Waals surface area contributed by atoms with Crippen molar-refractivity contribution in [1.29, 1.82) is 5.26 Å². The molecule has 21 heavy (non-hydrogen) atoms. The molecule has 0 fully saturated rings. The molecule has 0 aromatic heterocycles. The number of esters is 1. The van der Waals surface area contributed by atoms with Crippen LogP contribution in [-0.4, -0.2) is 38.9 Å². The van der Waals surface area contributed by atoms with E-state index in [1.165, 1.54) is 6.07 Å². The number of hydrogen-bond donors (Lipinski definition) is 1. The minimum Gasteiger partial charge on any atom is -0.469 e. The maximum Gasteiger partial charge on any atom is 0.306 e. The number of carbonyl (C=O) groups excluding carboxylic acids is 2. The first kappa shape index (κ1) is 16.7. The van der Waals surface area contributed by atoms with Crippen molar-refractivity contribution in [2.75, 3.05) is 23.9 Å². The Labute approximate surface area is 122 Å². The number of benzene rings is 1. The van der Waals surface area contributed by atoms with Gasteiger partial charge in [-0.25, -0.2) is 8.42 Å². The summed E-state index contributed by atoms with van der Waals surface area (Å²) in [5.41, 5.74) is 0.684. The summed E-state index contributed by atoms with van der Waals surface area (Å²) in [7, 11) is -2.54. The zero-order valence-electron chi connectivity index (χ0n) is 11.3. The van der Waals surface area contributed by atoms with Gasteiger partial charge in [0.05, 0.1) is 30.9 Å². The molecule has 1 N–H and O–H groups in total. The first-order chi connectivity index (χ1) is 9.86. The van der Waals surface area contributed by atoms with Crippen molar-refractivity contribution >= 4 is 27.4 Å². The van der Waals surface area contributed by atoms with E-state index in [-0.39, 0.29) is 6.42 Å². The molecule has 0 spiro atoms. The number of ether oxygens (including phenoxy) is 1. The molecule has 0 bridgehead atoms. The van der Waals surface area contributed by atoms with Gasteiger partial charge in [0.2, 0.25) is 5.91 Å². The monoisotopic (exact) mass is 310 g/mol. The van der Waals surface area contributed by atoms with Crippen LogP contribution in [0.3, 0.4) is 0 Å². The Morgan fingerprint density at radius 2 is 2.10 bits per heavy atom. The van der Waals surface area contributed by atoms with Crippen LogP contribution in [0.15, 0.2) is 24.3 Å². The predicted octanol–water partition coefficient (Wildman–Crippen LogP) is 0.475. The second-order valence-electron chi connectivity index (χ2n) is 4.16. The summed E-state index contributed by atoms with van der Waals surface area (Å²) in [4.78, 5) is 22.5. The third-order valence-corrected chi connectivity index (χ3v) is 4.00. The molecule has 0 unspecified atom stereocenters. The molecule has 0 aliphatic heterocycles. The highest BCUT2D eigenvalue weighted by Crippen LogP contribution is 2.10. The van der Waals surface area contributed by atoms with Gasteiger partial charge in [0.1, 0.15) is 5.75 Å². The SMILES string of the molecule is COC(=O)CCS(=O)(=O)CC(=O)Nc1cccc(C#N)c1. The molecular weight excluding hydrogens is 296 g/mol. The van der Waals surface area contributed by atoms with Crippen LogP contribution >= 0.6 is 0 Å². The van der Waals surface area contributed by atoms with Gasteiger partial charge < -0.3 is 10.1 Å². The van der Waals surface area contributed by atoms with Gasteiger partial charge >= 0.3 is 5.97 Å². The van der Waals surface area contributed by atoms with Crippen molar-refractivity contribution in [3.8, 4) is 6.07 Å². The Morgan fingerprint density at radius 3 is 2.71 bits per heavy atom. The summed E-state index contributed by atoms with van der Waals surface area (Å²) in [6.07, 6.45) is -0.296. The van der Waals surface area contributed by atoms with Crippen molar-refractivity contribution in [3.05, 3.63) is 29.8 Å². The topological polar surface area (TPSA) is 113 Å². The molecule has 0 heterocycles. The molecule has 0 saturated carbocycles. The highest BCUT2D eigenvalue weighted by atomic mass is 32.2. The average molecular weight is 310 g/mol. The van der Waals surface area contributed by atoms with Crippen molar-refractivity contribution < 1.29 is 22.7 Å². The number of amides is 1. The maximum atomic E-state index is 11.7. The third-order valence-electron chi connectivity index (χ3n) is 2.47.